The van der Waals surface area contributed by atoms with Crippen molar-refractivity contribution in [2.24, 2.45) is 12.8 Å². The SMILES string of the molecule is Cn1cc(CCC(N)CCCc2ccccc2)cn1. The second-order valence-corrected chi connectivity index (χ2v) is 5.20. The highest BCUT2D eigenvalue weighted by Crippen LogP contribution is 2.09. The highest BCUT2D eigenvalue weighted by molar-refractivity contribution is 5.14. The number of hydrogen-bond donors (Lipinski definition) is 1. The number of aromatic nitrogens is 2. The number of benzene rings is 1. The molecule has 1 aromatic heterocycles. The zero-order valence-corrected chi connectivity index (χ0v) is 11.6. The van der Waals surface area contributed by atoms with Gasteiger partial charge in [-0.15, -0.1) is 0 Å². The Labute approximate surface area is 115 Å². The van der Waals surface area contributed by atoms with Crippen LogP contribution in [-0.4, -0.2) is 15.8 Å². The van der Waals surface area contributed by atoms with Gasteiger partial charge < -0.3 is 5.73 Å². The fourth-order valence-electron chi connectivity index (χ4n) is 2.31. The van der Waals surface area contributed by atoms with Gasteiger partial charge in [-0.3, -0.25) is 4.68 Å². The molecule has 0 bridgehead atoms. The molecule has 0 aliphatic rings. The molecule has 0 saturated heterocycles. The largest absolute Gasteiger partial charge is 0.328 e. The average molecular weight is 257 g/mol. The minimum atomic E-state index is 0.295. The molecule has 2 N–H and O–H groups in total. The van der Waals surface area contributed by atoms with Gasteiger partial charge in [-0.05, 0) is 43.2 Å². The summed E-state index contributed by atoms with van der Waals surface area (Å²) >= 11 is 0. The van der Waals surface area contributed by atoms with Gasteiger partial charge in [-0.1, -0.05) is 30.3 Å². The predicted molar refractivity (Wildman–Crippen MR) is 78.9 cm³/mol. The summed E-state index contributed by atoms with van der Waals surface area (Å²) in [6.07, 6.45) is 9.45. The Balaban J connectivity index is 1.63. The summed E-state index contributed by atoms with van der Waals surface area (Å²) in [5.74, 6) is 0. The minimum Gasteiger partial charge on any atom is -0.328 e. The summed E-state index contributed by atoms with van der Waals surface area (Å²) in [6, 6.07) is 10.9. The first-order valence-electron chi connectivity index (χ1n) is 7.01. The molecular formula is C16H23N3. The first-order chi connectivity index (χ1) is 9.24. The molecule has 2 aromatic rings. The topological polar surface area (TPSA) is 43.8 Å². The van der Waals surface area contributed by atoms with Crippen LogP contribution in [0.25, 0.3) is 0 Å². The lowest BCUT2D eigenvalue weighted by atomic mass is 10.0. The maximum atomic E-state index is 6.17. The number of rotatable bonds is 7. The van der Waals surface area contributed by atoms with Crippen molar-refractivity contribution in [3.8, 4) is 0 Å². The van der Waals surface area contributed by atoms with Gasteiger partial charge in [0.05, 0.1) is 6.20 Å². The van der Waals surface area contributed by atoms with Gasteiger partial charge in [0.15, 0.2) is 0 Å². The number of nitrogens with two attached hydrogens (primary N) is 1. The van der Waals surface area contributed by atoms with E-state index >= 15 is 0 Å². The predicted octanol–water partition coefficient (Wildman–Crippen LogP) is 2.70. The molecule has 102 valence electrons. The van der Waals surface area contributed by atoms with E-state index in [-0.39, 0.29) is 0 Å². The molecule has 3 heteroatoms. The molecular weight excluding hydrogens is 234 g/mol. The van der Waals surface area contributed by atoms with Crippen molar-refractivity contribution >= 4 is 0 Å². The summed E-state index contributed by atoms with van der Waals surface area (Å²) in [6.45, 7) is 0. The Kier molecular flexibility index (Phi) is 5.16. The molecule has 19 heavy (non-hydrogen) atoms. The summed E-state index contributed by atoms with van der Waals surface area (Å²) in [7, 11) is 1.95. The number of hydrogen-bond acceptors (Lipinski definition) is 2. The van der Waals surface area contributed by atoms with E-state index in [0.717, 1.165) is 32.1 Å². The second-order valence-electron chi connectivity index (χ2n) is 5.20. The second kappa shape index (κ2) is 7.10. The molecule has 1 atom stereocenters. The van der Waals surface area contributed by atoms with E-state index in [2.05, 4.69) is 41.6 Å². The van der Waals surface area contributed by atoms with Crippen LogP contribution in [0.1, 0.15) is 30.4 Å². The standard InChI is InChI=1S/C16H23N3/c1-19-13-15(12-18-19)10-11-16(17)9-5-8-14-6-3-2-4-7-14/h2-4,6-7,12-13,16H,5,8-11,17H2,1H3. The van der Waals surface area contributed by atoms with Gasteiger partial charge >= 0.3 is 0 Å². The number of nitrogens with zero attached hydrogens (tertiary/aromatic N) is 2. The monoisotopic (exact) mass is 257 g/mol. The van der Waals surface area contributed by atoms with Gasteiger partial charge in [-0.25, -0.2) is 0 Å². The van der Waals surface area contributed by atoms with Crippen molar-refractivity contribution in [2.45, 2.75) is 38.1 Å². The molecule has 2 rings (SSSR count). The first kappa shape index (κ1) is 13.8. The van der Waals surface area contributed by atoms with Gasteiger partial charge in [0.1, 0.15) is 0 Å². The van der Waals surface area contributed by atoms with Gasteiger partial charge in [0, 0.05) is 19.3 Å². The lowest BCUT2D eigenvalue weighted by Crippen LogP contribution is -2.20. The zero-order valence-electron chi connectivity index (χ0n) is 11.6. The maximum Gasteiger partial charge on any atom is 0.0521 e. The van der Waals surface area contributed by atoms with Crippen molar-refractivity contribution in [3.05, 3.63) is 53.9 Å². The maximum absolute atomic E-state index is 6.17. The van der Waals surface area contributed by atoms with E-state index in [1.54, 1.807) is 0 Å². The van der Waals surface area contributed by atoms with Crippen LogP contribution >= 0.6 is 0 Å². The normalized spacial score (nSPS) is 12.5. The van der Waals surface area contributed by atoms with Crippen molar-refractivity contribution < 1.29 is 0 Å². The fraction of sp³-hybridized carbons (Fsp3) is 0.438. The van der Waals surface area contributed by atoms with Crippen LogP contribution in [-0.2, 0) is 19.9 Å². The van der Waals surface area contributed by atoms with Crippen LogP contribution in [0.4, 0.5) is 0 Å². The molecule has 0 aliphatic carbocycles. The van der Waals surface area contributed by atoms with E-state index in [0.29, 0.717) is 6.04 Å². The lowest BCUT2D eigenvalue weighted by molar-refractivity contribution is 0.546. The van der Waals surface area contributed by atoms with Crippen molar-refractivity contribution in [2.75, 3.05) is 0 Å². The summed E-state index contributed by atoms with van der Waals surface area (Å²) in [5, 5.41) is 4.17. The first-order valence-corrected chi connectivity index (χ1v) is 7.01. The van der Waals surface area contributed by atoms with E-state index in [9.17, 15) is 0 Å². The smallest absolute Gasteiger partial charge is 0.0521 e. The molecule has 0 fully saturated rings. The Hall–Kier alpha value is -1.61. The highest BCUT2D eigenvalue weighted by atomic mass is 15.2. The van der Waals surface area contributed by atoms with Crippen molar-refractivity contribution in [1.82, 2.24) is 9.78 Å². The quantitative estimate of drug-likeness (QED) is 0.829. The van der Waals surface area contributed by atoms with Crippen LogP contribution in [0.5, 0.6) is 0 Å². The third-order valence-corrected chi connectivity index (χ3v) is 3.45. The van der Waals surface area contributed by atoms with Gasteiger partial charge in [0.2, 0.25) is 0 Å². The molecule has 1 heterocycles. The summed E-state index contributed by atoms with van der Waals surface area (Å²) in [4.78, 5) is 0. The summed E-state index contributed by atoms with van der Waals surface area (Å²) < 4.78 is 1.84. The average Bonchev–Trinajstić information content (AvgIpc) is 2.83. The van der Waals surface area contributed by atoms with Crippen LogP contribution in [0.2, 0.25) is 0 Å². The van der Waals surface area contributed by atoms with Gasteiger partial charge in [-0.2, -0.15) is 5.10 Å². The molecule has 0 spiro atoms. The van der Waals surface area contributed by atoms with Crippen LogP contribution < -0.4 is 5.73 Å². The van der Waals surface area contributed by atoms with Gasteiger partial charge in [0.25, 0.3) is 0 Å². The zero-order chi connectivity index (χ0) is 13.5. The Bertz CT molecular complexity index is 476. The van der Waals surface area contributed by atoms with E-state index < -0.39 is 0 Å². The molecule has 0 aliphatic heterocycles. The van der Waals surface area contributed by atoms with E-state index in [4.69, 9.17) is 5.73 Å². The number of aryl methyl sites for hydroxylation is 3. The molecule has 1 aromatic carbocycles. The van der Waals surface area contributed by atoms with Crippen LogP contribution in [0.3, 0.4) is 0 Å². The van der Waals surface area contributed by atoms with Crippen LogP contribution in [0, 0.1) is 0 Å². The fourth-order valence-corrected chi connectivity index (χ4v) is 2.31. The highest BCUT2D eigenvalue weighted by Gasteiger charge is 2.04. The third-order valence-electron chi connectivity index (χ3n) is 3.45. The van der Waals surface area contributed by atoms with Crippen LogP contribution in [0.15, 0.2) is 42.7 Å². The molecule has 0 saturated carbocycles. The van der Waals surface area contributed by atoms with Crippen molar-refractivity contribution in [1.29, 1.82) is 0 Å². The van der Waals surface area contributed by atoms with E-state index in [1.807, 2.05) is 17.9 Å². The van der Waals surface area contributed by atoms with Crippen molar-refractivity contribution in [3.63, 3.8) is 0 Å². The molecule has 0 radical (unpaired) electrons. The minimum absolute atomic E-state index is 0.295. The summed E-state index contributed by atoms with van der Waals surface area (Å²) in [5.41, 5.74) is 8.85. The molecule has 0 amide bonds. The Morgan fingerprint density at radius 3 is 2.58 bits per heavy atom. The van der Waals surface area contributed by atoms with E-state index in [1.165, 1.54) is 11.1 Å². The third kappa shape index (κ3) is 4.87. The Morgan fingerprint density at radius 2 is 1.89 bits per heavy atom. The lowest BCUT2D eigenvalue weighted by Gasteiger charge is -2.10. The molecule has 1 unspecified atom stereocenters. The molecule has 3 nitrogen and oxygen atoms in total. The Morgan fingerprint density at radius 1 is 1.11 bits per heavy atom.